The second-order valence-corrected chi connectivity index (χ2v) is 6.70. The number of hydrogen-bond donors (Lipinski definition) is 3. The average molecular weight is 350 g/mol. The Hall–Kier alpha value is -2.57. The van der Waals surface area contributed by atoms with E-state index >= 15 is 0 Å². The molecule has 0 heterocycles. The van der Waals surface area contributed by atoms with E-state index in [0.29, 0.717) is 0 Å². The Morgan fingerprint density at radius 2 is 1.68 bits per heavy atom. The molecule has 1 aromatic carbocycles. The number of benzene rings is 1. The molecule has 0 aromatic heterocycles. The van der Waals surface area contributed by atoms with Crippen LogP contribution in [0.4, 0.5) is 4.79 Å². The van der Waals surface area contributed by atoms with Crippen LogP contribution in [-0.2, 0) is 20.7 Å². The number of alkyl carbamates (subject to hydrolysis) is 1. The molecule has 1 aromatic rings. The quantitative estimate of drug-likeness (QED) is 0.698. The first-order valence-corrected chi connectivity index (χ1v) is 8.19. The molecule has 0 spiro atoms. The first-order chi connectivity index (χ1) is 11.6. The lowest BCUT2D eigenvalue weighted by atomic mass is 10.0. The predicted octanol–water partition coefficient (Wildman–Crippen LogP) is 2.10. The molecule has 0 aliphatic rings. The molecular weight excluding hydrogens is 324 g/mol. The molecule has 2 amide bonds. The lowest BCUT2D eigenvalue weighted by Gasteiger charge is -2.24. The predicted molar refractivity (Wildman–Crippen MR) is 93.2 cm³/mol. The Morgan fingerprint density at radius 3 is 2.16 bits per heavy atom. The zero-order valence-corrected chi connectivity index (χ0v) is 15.0. The molecule has 138 valence electrons. The minimum absolute atomic E-state index is 0.224. The van der Waals surface area contributed by atoms with Crippen molar-refractivity contribution in [3.05, 3.63) is 35.9 Å². The molecule has 0 aliphatic heterocycles. The molecule has 1 unspecified atom stereocenters. The largest absolute Gasteiger partial charge is 0.480 e. The maximum absolute atomic E-state index is 12.5. The minimum Gasteiger partial charge on any atom is -0.480 e. The van der Waals surface area contributed by atoms with Crippen LogP contribution >= 0.6 is 0 Å². The molecule has 0 saturated carbocycles. The summed E-state index contributed by atoms with van der Waals surface area (Å²) in [5.41, 5.74) is 0.132. The molecule has 3 N–H and O–H groups in total. The monoisotopic (exact) mass is 350 g/mol. The standard InChI is InChI=1S/C18H26N2O5/c1-5-13(16(22)23)19-15(21)14(11-12-9-7-6-8-10-12)20-17(24)25-18(2,3)4/h6-10,13-14H,5,11H2,1-4H3,(H,19,21)(H,20,24)(H,22,23)/t13?,14-/m0/s1. The van der Waals surface area contributed by atoms with E-state index in [1.54, 1.807) is 27.7 Å². The van der Waals surface area contributed by atoms with Gasteiger partial charge in [-0.15, -0.1) is 0 Å². The van der Waals surface area contributed by atoms with E-state index < -0.39 is 35.7 Å². The van der Waals surface area contributed by atoms with Crippen LogP contribution in [0.5, 0.6) is 0 Å². The van der Waals surface area contributed by atoms with Crippen LogP contribution in [0, 0.1) is 0 Å². The number of ether oxygens (including phenoxy) is 1. The molecule has 2 atom stereocenters. The van der Waals surface area contributed by atoms with Crippen molar-refractivity contribution in [2.45, 2.75) is 58.2 Å². The van der Waals surface area contributed by atoms with Gasteiger partial charge in [-0.3, -0.25) is 4.79 Å². The van der Waals surface area contributed by atoms with Gasteiger partial charge >= 0.3 is 12.1 Å². The van der Waals surface area contributed by atoms with Crippen LogP contribution in [0.25, 0.3) is 0 Å². The lowest BCUT2D eigenvalue weighted by molar-refractivity contribution is -0.142. The van der Waals surface area contributed by atoms with E-state index in [2.05, 4.69) is 10.6 Å². The third-order valence-corrected chi connectivity index (χ3v) is 3.31. The number of hydrogen-bond acceptors (Lipinski definition) is 4. The molecule has 0 saturated heterocycles. The number of carboxylic acids is 1. The van der Waals surface area contributed by atoms with Gasteiger partial charge in [0.25, 0.3) is 0 Å². The lowest BCUT2D eigenvalue weighted by Crippen LogP contribution is -2.53. The Kier molecular flexibility index (Phi) is 7.42. The third-order valence-electron chi connectivity index (χ3n) is 3.31. The number of carbonyl (C=O) groups excluding carboxylic acids is 2. The maximum atomic E-state index is 12.5. The number of carbonyl (C=O) groups is 3. The van der Waals surface area contributed by atoms with Gasteiger partial charge in [-0.05, 0) is 32.8 Å². The smallest absolute Gasteiger partial charge is 0.408 e. The number of rotatable bonds is 7. The summed E-state index contributed by atoms with van der Waals surface area (Å²) in [7, 11) is 0. The van der Waals surface area contributed by atoms with Gasteiger partial charge in [0.05, 0.1) is 0 Å². The number of amides is 2. The fourth-order valence-electron chi connectivity index (χ4n) is 2.12. The summed E-state index contributed by atoms with van der Waals surface area (Å²) in [4.78, 5) is 35.6. The number of nitrogens with one attached hydrogen (secondary N) is 2. The highest BCUT2D eigenvalue weighted by atomic mass is 16.6. The van der Waals surface area contributed by atoms with E-state index in [0.717, 1.165) is 5.56 Å². The van der Waals surface area contributed by atoms with Gasteiger partial charge in [-0.25, -0.2) is 9.59 Å². The van der Waals surface area contributed by atoms with Crippen LogP contribution < -0.4 is 10.6 Å². The van der Waals surface area contributed by atoms with E-state index in [4.69, 9.17) is 9.84 Å². The molecule has 0 aliphatic carbocycles. The SMILES string of the molecule is CCC(NC(=O)[C@H](Cc1ccccc1)NC(=O)OC(C)(C)C)C(=O)O. The number of carboxylic acid groups (broad SMARTS) is 1. The second-order valence-electron chi connectivity index (χ2n) is 6.70. The van der Waals surface area contributed by atoms with Gasteiger partial charge in [-0.2, -0.15) is 0 Å². The van der Waals surface area contributed by atoms with Crippen molar-refractivity contribution in [1.29, 1.82) is 0 Å². The molecule has 1 rings (SSSR count). The molecule has 0 bridgehead atoms. The van der Waals surface area contributed by atoms with E-state index in [1.807, 2.05) is 30.3 Å². The summed E-state index contributed by atoms with van der Waals surface area (Å²) in [6, 6.07) is 7.19. The molecule has 0 radical (unpaired) electrons. The first-order valence-electron chi connectivity index (χ1n) is 8.19. The van der Waals surface area contributed by atoms with Crippen LogP contribution in [0.3, 0.4) is 0 Å². The highest BCUT2D eigenvalue weighted by molar-refractivity contribution is 5.89. The van der Waals surface area contributed by atoms with Gasteiger partial charge in [0.1, 0.15) is 17.7 Å². The first kappa shape index (κ1) is 20.5. The topological polar surface area (TPSA) is 105 Å². The second kappa shape index (κ2) is 9.05. The summed E-state index contributed by atoms with van der Waals surface area (Å²) < 4.78 is 5.19. The fourth-order valence-corrected chi connectivity index (χ4v) is 2.12. The summed E-state index contributed by atoms with van der Waals surface area (Å²) in [6.45, 7) is 6.82. The Morgan fingerprint density at radius 1 is 1.08 bits per heavy atom. The van der Waals surface area contributed by atoms with Gasteiger partial charge in [-0.1, -0.05) is 37.3 Å². The van der Waals surface area contributed by atoms with Crippen LogP contribution in [0.15, 0.2) is 30.3 Å². The Balaban J connectivity index is 2.88. The van der Waals surface area contributed by atoms with Crippen LogP contribution in [-0.4, -0.2) is 40.8 Å². The van der Waals surface area contributed by atoms with Crippen molar-refractivity contribution in [2.75, 3.05) is 0 Å². The van der Waals surface area contributed by atoms with Gasteiger partial charge in [0.2, 0.25) is 5.91 Å². The Labute approximate surface area is 147 Å². The van der Waals surface area contributed by atoms with Crippen molar-refractivity contribution < 1.29 is 24.2 Å². The zero-order valence-electron chi connectivity index (χ0n) is 15.0. The van der Waals surface area contributed by atoms with Gasteiger partial charge < -0.3 is 20.5 Å². The molecule has 7 heteroatoms. The minimum atomic E-state index is -1.12. The normalized spacial score (nSPS) is 13.4. The Bertz CT molecular complexity index is 595. The van der Waals surface area contributed by atoms with Gasteiger partial charge in [0.15, 0.2) is 0 Å². The molecular formula is C18H26N2O5. The van der Waals surface area contributed by atoms with Crippen molar-refractivity contribution in [3.63, 3.8) is 0 Å². The van der Waals surface area contributed by atoms with E-state index in [1.165, 1.54) is 0 Å². The van der Waals surface area contributed by atoms with Crippen LogP contribution in [0.1, 0.15) is 39.7 Å². The highest BCUT2D eigenvalue weighted by Crippen LogP contribution is 2.09. The van der Waals surface area contributed by atoms with Crippen molar-refractivity contribution in [3.8, 4) is 0 Å². The van der Waals surface area contributed by atoms with E-state index in [9.17, 15) is 14.4 Å². The third kappa shape index (κ3) is 7.69. The summed E-state index contributed by atoms with van der Waals surface area (Å²) in [6.07, 6.45) is -0.264. The van der Waals surface area contributed by atoms with Gasteiger partial charge in [0, 0.05) is 6.42 Å². The summed E-state index contributed by atoms with van der Waals surface area (Å²) in [5.74, 6) is -1.68. The van der Waals surface area contributed by atoms with Crippen molar-refractivity contribution in [2.24, 2.45) is 0 Å². The summed E-state index contributed by atoms with van der Waals surface area (Å²) in [5, 5.41) is 14.1. The summed E-state index contributed by atoms with van der Waals surface area (Å²) >= 11 is 0. The molecule has 0 fully saturated rings. The van der Waals surface area contributed by atoms with Crippen molar-refractivity contribution >= 4 is 18.0 Å². The van der Waals surface area contributed by atoms with E-state index in [-0.39, 0.29) is 12.8 Å². The zero-order chi connectivity index (χ0) is 19.0. The number of aliphatic carboxylic acids is 1. The highest BCUT2D eigenvalue weighted by Gasteiger charge is 2.27. The van der Waals surface area contributed by atoms with Crippen LogP contribution in [0.2, 0.25) is 0 Å². The van der Waals surface area contributed by atoms with Crippen molar-refractivity contribution in [1.82, 2.24) is 10.6 Å². The average Bonchev–Trinajstić information content (AvgIpc) is 2.50. The maximum Gasteiger partial charge on any atom is 0.408 e. The fraction of sp³-hybridized carbons (Fsp3) is 0.500. The molecule has 25 heavy (non-hydrogen) atoms. The molecule has 7 nitrogen and oxygen atoms in total.